The summed E-state index contributed by atoms with van der Waals surface area (Å²) in [7, 11) is 0. The molecule has 0 N–H and O–H groups in total. The summed E-state index contributed by atoms with van der Waals surface area (Å²) in [6, 6.07) is 5.89. The summed E-state index contributed by atoms with van der Waals surface area (Å²) in [6.45, 7) is 5.62. The molecule has 0 aliphatic carbocycles. The Hall–Kier alpha value is -0.750. The maximum Gasteiger partial charge on any atom is 0.0441 e. The molecule has 0 spiro atoms. The Morgan fingerprint density at radius 1 is 1.50 bits per heavy atom. The van der Waals surface area contributed by atoms with Crippen LogP contribution in [0.2, 0.25) is 5.02 Å². The minimum absolute atomic E-state index is 0.803. The van der Waals surface area contributed by atoms with E-state index in [0.29, 0.717) is 0 Å². The molecule has 0 aliphatic heterocycles. The molecule has 0 bridgehead atoms. The van der Waals surface area contributed by atoms with E-state index in [4.69, 9.17) is 11.6 Å². The molecule has 0 saturated carbocycles. The second-order valence-corrected chi connectivity index (χ2v) is 2.62. The Labute approximate surface area is 66.1 Å². The molecule has 0 radical (unpaired) electrons. The van der Waals surface area contributed by atoms with Gasteiger partial charge in [0.1, 0.15) is 0 Å². The molecule has 1 aromatic rings. The van der Waals surface area contributed by atoms with Crippen molar-refractivity contribution in [3.63, 3.8) is 0 Å². The van der Waals surface area contributed by atoms with E-state index in [1.165, 1.54) is 0 Å². The van der Waals surface area contributed by atoms with Gasteiger partial charge in [-0.05, 0) is 24.1 Å². The van der Waals surface area contributed by atoms with Crippen molar-refractivity contribution < 1.29 is 0 Å². The Balaban J connectivity index is 3.16. The van der Waals surface area contributed by atoms with Crippen molar-refractivity contribution in [2.75, 3.05) is 0 Å². The molecule has 10 heavy (non-hydrogen) atoms. The summed E-state index contributed by atoms with van der Waals surface area (Å²) in [4.78, 5) is 0. The van der Waals surface area contributed by atoms with Crippen LogP contribution in [0.25, 0.3) is 6.08 Å². The molecule has 0 amide bonds. The number of halogens is 1. The van der Waals surface area contributed by atoms with Crippen LogP contribution in [-0.4, -0.2) is 0 Å². The minimum Gasteiger partial charge on any atom is -0.0985 e. The molecular formula is C9H9Cl. The van der Waals surface area contributed by atoms with Crippen molar-refractivity contribution >= 4 is 17.7 Å². The SMILES string of the molecule is C=Cc1ccc(C)c(Cl)c1. The highest BCUT2D eigenvalue weighted by atomic mass is 35.5. The summed E-state index contributed by atoms with van der Waals surface area (Å²) in [5.74, 6) is 0. The predicted octanol–water partition coefficient (Wildman–Crippen LogP) is 3.29. The summed E-state index contributed by atoms with van der Waals surface area (Å²) in [6.07, 6.45) is 1.78. The smallest absolute Gasteiger partial charge is 0.0441 e. The summed E-state index contributed by atoms with van der Waals surface area (Å²) in [5, 5.41) is 0.803. The van der Waals surface area contributed by atoms with E-state index in [1.54, 1.807) is 6.08 Å². The first-order chi connectivity index (χ1) is 4.74. The van der Waals surface area contributed by atoms with Crippen LogP contribution in [0.1, 0.15) is 11.1 Å². The fourth-order valence-electron chi connectivity index (χ4n) is 0.736. The molecule has 52 valence electrons. The Morgan fingerprint density at radius 3 is 2.70 bits per heavy atom. The van der Waals surface area contributed by atoms with Crippen molar-refractivity contribution in [3.8, 4) is 0 Å². The standard InChI is InChI=1S/C9H9Cl/c1-3-8-5-4-7(2)9(10)6-8/h3-6H,1H2,2H3. The first-order valence-corrected chi connectivity index (χ1v) is 3.50. The van der Waals surface area contributed by atoms with Crippen LogP contribution in [-0.2, 0) is 0 Å². The van der Waals surface area contributed by atoms with Gasteiger partial charge >= 0.3 is 0 Å². The largest absolute Gasteiger partial charge is 0.0985 e. The van der Waals surface area contributed by atoms with Gasteiger partial charge in [-0.3, -0.25) is 0 Å². The molecule has 1 heteroatoms. The van der Waals surface area contributed by atoms with E-state index in [-0.39, 0.29) is 0 Å². The summed E-state index contributed by atoms with van der Waals surface area (Å²) in [5.41, 5.74) is 2.17. The summed E-state index contributed by atoms with van der Waals surface area (Å²) < 4.78 is 0. The van der Waals surface area contributed by atoms with Crippen LogP contribution in [0.15, 0.2) is 24.8 Å². The van der Waals surface area contributed by atoms with Crippen LogP contribution < -0.4 is 0 Å². The highest BCUT2D eigenvalue weighted by molar-refractivity contribution is 6.31. The van der Waals surface area contributed by atoms with Gasteiger partial charge in [-0.15, -0.1) is 0 Å². The fraction of sp³-hybridized carbons (Fsp3) is 0.111. The number of rotatable bonds is 1. The topological polar surface area (TPSA) is 0 Å². The number of hydrogen-bond acceptors (Lipinski definition) is 0. The minimum atomic E-state index is 0.803. The Morgan fingerprint density at radius 2 is 2.20 bits per heavy atom. The van der Waals surface area contributed by atoms with Crippen LogP contribution in [0.4, 0.5) is 0 Å². The van der Waals surface area contributed by atoms with Crippen LogP contribution in [0.5, 0.6) is 0 Å². The lowest BCUT2D eigenvalue weighted by molar-refractivity contribution is 1.46. The van der Waals surface area contributed by atoms with Gasteiger partial charge in [0.25, 0.3) is 0 Å². The predicted molar refractivity (Wildman–Crippen MR) is 46.3 cm³/mol. The maximum absolute atomic E-state index is 5.84. The Kier molecular flexibility index (Phi) is 2.13. The highest BCUT2D eigenvalue weighted by Gasteiger charge is 1.92. The third-order valence-electron chi connectivity index (χ3n) is 1.43. The fourth-order valence-corrected chi connectivity index (χ4v) is 0.925. The van der Waals surface area contributed by atoms with E-state index in [9.17, 15) is 0 Å². The lowest BCUT2D eigenvalue weighted by atomic mass is 10.1. The van der Waals surface area contributed by atoms with Gasteiger partial charge in [0.15, 0.2) is 0 Å². The average Bonchev–Trinajstić information content (AvgIpc) is 1.95. The van der Waals surface area contributed by atoms with Gasteiger partial charge in [0.05, 0.1) is 0 Å². The van der Waals surface area contributed by atoms with Crippen molar-refractivity contribution in [2.24, 2.45) is 0 Å². The van der Waals surface area contributed by atoms with Crippen molar-refractivity contribution in [3.05, 3.63) is 40.9 Å². The molecule has 1 rings (SSSR count). The molecular weight excluding hydrogens is 144 g/mol. The van der Waals surface area contributed by atoms with E-state index < -0.39 is 0 Å². The zero-order valence-electron chi connectivity index (χ0n) is 5.89. The lowest BCUT2D eigenvalue weighted by Crippen LogP contribution is -1.75. The van der Waals surface area contributed by atoms with Crippen LogP contribution >= 0.6 is 11.6 Å². The number of hydrogen-bond donors (Lipinski definition) is 0. The van der Waals surface area contributed by atoms with E-state index in [2.05, 4.69) is 6.58 Å². The molecule has 0 aromatic heterocycles. The highest BCUT2D eigenvalue weighted by Crippen LogP contribution is 2.16. The first-order valence-electron chi connectivity index (χ1n) is 3.12. The first kappa shape index (κ1) is 7.36. The molecule has 0 unspecified atom stereocenters. The van der Waals surface area contributed by atoms with Gasteiger partial charge < -0.3 is 0 Å². The van der Waals surface area contributed by atoms with E-state index >= 15 is 0 Å². The second-order valence-electron chi connectivity index (χ2n) is 2.21. The molecule has 0 atom stereocenters. The molecule has 0 aliphatic rings. The van der Waals surface area contributed by atoms with Gasteiger partial charge in [-0.25, -0.2) is 0 Å². The van der Waals surface area contributed by atoms with Gasteiger partial charge in [0.2, 0.25) is 0 Å². The normalized spacial score (nSPS) is 9.40. The summed E-state index contributed by atoms with van der Waals surface area (Å²) >= 11 is 5.84. The van der Waals surface area contributed by atoms with E-state index in [0.717, 1.165) is 16.1 Å². The quantitative estimate of drug-likeness (QED) is 0.580. The zero-order valence-corrected chi connectivity index (χ0v) is 6.65. The Bertz CT molecular complexity index is 251. The molecule has 0 heterocycles. The third kappa shape index (κ3) is 1.39. The molecule has 0 nitrogen and oxygen atoms in total. The van der Waals surface area contributed by atoms with Gasteiger partial charge in [-0.2, -0.15) is 0 Å². The molecule has 0 fully saturated rings. The average molecular weight is 153 g/mol. The monoisotopic (exact) mass is 152 g/mol. The van der Waals surface area contributed by atoms with Crippen molar-refractivity contribution in [1.29, 1.82) is 0 Å². The van der Waals surface area contributed by atoms with E-state index in [1.807, 2.05) is 25.1 Å². The van der Waals surface area contributed by atoms with Crippen LogP contribution in [0.3, 0.4) is 0 Å². The van der Waals surface area contributed by atoms with Gasteiger partial charge in [0, 0.05) is 5.02 Å². The number of aryl methyl sites for hydroxylation is 1. The molecule has 0 saturated heterocycles. The van der Waals surface area contributed by atoms with Crippen molar-refractivity contribution in [2.45, 2.75) is 6.92 Å². The second kappa shape index (κ2) is 2.89. The lowest BCUT2D eigenvalue weighted by Gasteiger charge is -1.97. The van der Waals surface area contributed by atoms with Crippen LogP contribution in [0, 0.1) is 6.92 Å². The maximum atomic E-state index is 5.84. The van der Waals surface area contributed by atoms with Crippen molar-refractivity contribution in [1.82, 2.24) is 0 Å². The molecule has 1 aromatic carbocycles. The zero-order chi connectivity index (χ0) is 7.56. The third-order valence-corrected chi connectivity index (χ3v) is 1.84. The number of benzene rings is 1. The van der Waals surface area contributed by atoms with Gasteiger partial charge in [-0.1, -0.05) is 36.4 Å².